The smallest absolute Gasteiger partial charge is 0.408 e. The van der Waals surface area contributed by atoms with E-state index < -0.39 is 48.1 Å². The van der Waals surface area contributed by atoms with E-state index in [-0.39, 0.29) is 39.0 Å². The van der Waals surface area contributed by atoms with E-state index in [1.807, 2.05) is 91.0 Å². The molecule has 0 radical (unpaired) electrons. The van der Waals surface area contributed by atoms with Gasteiger partial charge in [-0.1, -0.05) is 109 Å². The van der Waals surface area contributed by atoms with Crippen LogP contribution in [0.4, 0.5) is 9.59 Å². The number of fused-ring (bicyclic) bond motifs is 1. The van der Waals surface area contributed by atoms with Gasteiger partial charge in [-0.25, -0.2) is 14.4 Å². The van der Waals surface area contributed by atoms with E-state index in [1.54, 1.807) is 30.5 Å². The van der Waals surface area contributed by atoms with Gasteiger partial charge in [0.05, 0.1) is 0 Å². The van der Waals surface area contributed by atoms with Gasteiger partial charge in [0.2, 0.25) is 11.8 Å². The maximum atomic E-state index is 13.9. The summed E-state index contributed by atoms with van der Waals surface area (Å²) < 4.78 is 10.6. The van der Waals surface area contributed by atoms with Crippen LogP contribution in [-0.4, -0.2) is 64.7 Å². The Kier molecular flexibility index (Phi) is 14.8. The van der Waals surface area contributed by atoms with Gasteiger partial charge in [-0.05, 0) is 47.6 Å². The fraction of sp³-hybridized carbons (Fsp3) is 0.262. The summed E-state index contributed by atoms with van der Waals surface area (Å²) in [6.07, 6.45) is 1.27. The van der Waals surface area contributed by atoms with Crippen LogP contribution in [0, 0.1) is 0 Å². The van der Waals surface area contributed by atoms with Gasteiger partial charge in [-0.3, -0.25) is 9.59 Å². The first kappa shape index (κ1) is 39.6. The van der Waals surface area contributed by atoms with Gasteiger partial charge in [-0.2, -0.15) is 0 Å². The van der Waals surface area contributed by atoms with Gasteiger partial charge < -0.3 is 40.8 Å². The second-order valence-corrected chi connectivity index (χ2v) is 13.0. The number of carboxylic acid groups (broad SMARTS) is 1. The lowest BCUT2D eigenvalue weighted by atomic mass is 10.0. The highest BCUT2D eigenvalue weighted by Gasteiger charge is 2.30. The molecule has 55 heavy (non-hydrogen) atoms. The van der Waals surface area contributed by atoms with Crippen molar-refractivity contribution in [2.24, 2.45) is 0 Å². The number of hydrogen-bond donors (Lipinski definition) is 6. The van der Waals surface area contributed by atoms with Crippen LogP contribution >= 0.6 is 0 Å². The van der Waals surface area contributed by atoms with Crippen molar-refractivity contribution in [1.82, 2.24) is 26.3 Å². The predicted molar refractivity (Wildman–Crippen MR) is 206 cm³/mol. The molecule has 0 saturated heterocycles. The Morgan fingerprint density at radius 1 is 0.582 bits per heavy atom. The number of unbranched alkanes of at least 4 members (excludes halogenated alkanes) is 1. The number of hydrogen-bond acceptors (Lipinski definition) is 7. The molecule has 4 amide bonds. The summed E-state index contributed by atoms with van der Waals surface area (Å²) in [5.74, 6) is -2.61. The summed E-state index contributed by atoms with van der Waals surface area (Å²) in [5.41, 5.74) is 3.89. The summed E-state index contributed by atoms with van der Waals surface area (Å²) in [5, 5.41) is 21.6. The molecule has 0 unspecified atom stereocenters. The molecule has 5 aromatic rings. The van der Waals surface area contributed by atoms with Crippen LogP contribution in [-0.2, 0) is 49.9 Å². The molecule has 0 spiro atoms. The first-order valence-electron chi connectivity index (χ1n) is 18.1. The summed E-state index contributed by atoms with van der Waals surface area (Å²) in [7, 11) is 0. The Morgan fingerprint density at radius 3 is 1.76 bits per heavy atom. The number of H-pyrrole nitrogens is 1. The maximum absolute atomic E-state index is 13.9. The predicted octanol–water partition coefficient (Wildman–Crippen LogP) is 5.40. The van der Waals surface area contributed by atoms with Crippen molar-refractivity contribution in [3.05, 3.63) is 144 Å². The van der Waals surface area contributed by atoms with Crippen LogP contribution in [0.3, 0.4) is 0 Å². The van der Waals surface area contributed by atoms with Gasteiger partial charge in [0, 0.05) is 36.5 Å². The van der Waals surface area contributed by atoms with Crippen LogP contribution in [0.15, 0.2) is 121 Å². The van der Waals surface area contributed by atoms with Crippen LogP contribution in [0.25, 0.3) is 10.9 Å². The largest absolute Gasteiger partial charge is 0.480 e. The molecule has 0 aliphatic carbocycles. The van der Waals surface area contributed by atoms with Gasteiger partial charge in [0.15, 0.2) is 0 Å². The Balaban J connectivity index is 1.25. The lowest BCUT2D eigenvalue weighted by molar-refractivity contribution is -0.142. The normalized spacial score (nSPS) is 12.4. The number of nitrogens with one attached hydrogen (secondary N) is 5. The van der Waals surface area contributed by atoms with Crippen molar-refractivity contribution in [3.8, 4) is 0 Å². The molecule has 3 atom stereocenters. The highest BCUT2D eigenvalue weighted by Crippen LogP contribution is 2.19. The Hall–Kier alpha value is -6.63. The van der Waals surface area contributed by atoms with Crippen LogP contribution in [0.1, 0.15) is 41.5 Å². The molecule has 13 heteroatoms. The zero-order valence-corrected chi connectivity index (χ0v) is 30.2. The molecule has 6 N–H and O–H groups in total. The van der Waals surface area contributed by atoms with Gasteiger partial charge in [-0.15, -0.1) is 0 Å². The highest BCUT2D eigenvalue weighted by atomic mass is 16.6. The molecule has 1 aromatic heterocycles. The molecular weight excluding hydrogens is 702 g/mol. The van der Waals surface area contributed by atoms with E-state index in [2.05, 4.69) is 26.3 Å². The number of ether oxygens (including phenoxy) is 2. The molecule has 0 bridgehead atoms. The number of amides is 4. The molecule has 5 rings (SSSR count). The molecular formula is C42H45N5O8. The van der Waals surface area contributed by atoms with E-state index >= 15 is 0 Å². The minimum absolute atomic E-state index is 0.00773. The van der Waals surface area contributed by atoms with Gasteiger partial charge in [0.1, 0.15) is 31.3 Å². The second-order valence-electron chi connectivity index (χ2n) is 13.0. The van der Waals surface area contributed by atoms with E-state index in [0.29, 0.717) is 18.4 Å². The van der Waals surface area contributed by atoms with Crippen molar-refractivity contribution >= 4 is 40.9 Å². The summed E-state index contributed by atoms with van der Waals surface area (Å²) in [4.78, 5) is 68.5. The number of aliphatic carboxylic acids is 1. The quantitative estimate of drug-likeness (QED) is 0.0606. The minimum Gasteiger partial charge on any atom is -0.480 e. The third-order valence-corrected chi connectivity index (χ3v) is 8.85. The average Bonchev–Trinajstić information content (AvgIpc) is 3.61. The lowest BCUT2D eigenvalue weighted by Gasteiger charge is -2.25. The van der Waals surface area contributed by atoms with Gasteiger partial charge in [0.25, 0.3) is 0 Å². The number of carbonyl (C=O) groups is 5. The monoisotopic (exact) mass is 747 g/mol. The molecule has 4 aromatic carbocycles. The zero-order chi connectivity index (χ0) is 38.8. The number of alkyl carbamates (subject to hydrolysis) is 2. The number of aromatic amines is 1. The fourth-order valence-corrected chi connectivity index (χ4v) is 5.94. The fourth-order valence-electron chi connectivity index (χ4n) is 5.94. The molecule has 1 heterocycles. The van der Waals surface area contributed by atoms with Crippen molar-refractivity contribution in [2.45, 2.75) is 63.4 Å². The van der Waals surface area contributed by atoms with Crippen molar-refractivity contribution in [3.63, 3.8) is 0 Å². The Bertz CT molecular complexity index is 2010. The van der Waals surface area contributed by atoms with Crippen molar-refractivity contribution in [2.75, 3.05) is 6.54 Å². The number of benzene rings is 4. The average molecular weight is 748 g/mol. The molecule has 286 valence electrons. The summed E-state index contributed by atoms with van der Waals surface area (Å²) >= 11 is 0. The van der Waals surface area contributed by atoms with Crippen LogP contribution < -0.4 is 21.3 Å². The highest BCUT2D eigenvalue weighted by molar-refractivity contribution is 5.93. The van der Waals surface area contributed by atoms with Crippen LogP contribution in [0.2, 0.25) is 0 Å². The second kappa shape index (κ2) is 20.6. The molecule has 0 saturated carbocycles. The van der Waals surface area contributed by atoms with Gasteiger partial charge >= 0.3 is 18.2 Å². The molecule has 0 aliphatic rings. The first-order valence-corrected chi connectivity index (χ1v) is 18.1. The summed E-state index contributed by atoms with van der Waals surface area (Å²) in [6.45, 7) is 0.333. The first-order chi connectivity index (χ1) is 26.7. The van der Waals surface area contributed by atoms with Crippen molar-refractivity contribution in [1.29, 1.82) is 0 Å². The number of carbonyl (C=O) groups excluding carboxylic acids is 4. The molecule has 0 aliphatic heterocycles. The SMILES string of the molecule is O=C(NCCCC[C@H](NC(=O)[C@H](Cc1ccccc1)NC(=O)OCc1ccccc1)C(=O)N[C@@H](Cc1c[nH]c2ccccc12)C(=O)O)OCc1ccccc1. The Labute approximate surface area is 318 Å². The minimum atomic E-state index is -1.31. The maximum Gasteiger partial charge on any atom is 0.408 e. The van der Waals surface area contributed by atoms with Crippen molar-refractivity contribution < 1.29 is 38.6 Å². The number of carboxylic acids is 1. The number of rotatable bonds is 19. The lowest BCUT2D eigenvalue weighted by Crippen LogP contribution is -2.56. The van der Waals surface area contributed by atoms with E-state index in [0.717, 1.165) is 27.6 Å². The third kappa shape index (κ3) is 12.8. The van der Waals surface area contributed by atoms with E-state index in [4.69, 9.17) is 9.47 Å². The zero-order valence-electron chi connectivity index (χ0n) is 30.2. The molecule has 13 nitrogen and oxygen atoms in total. The Morgan fingerprint density at radius 2 is 1.13 bits per heavy atom. The standard InChI is InChI=1S/C42H45N5O8/c48-38(46-37(40(50)51)25-32-26-44-34-21-11-10-20-33(32)34)35(22-12-13-23-43-41(52)54-27-30-16-6-2-7-17-30)45-39(49)36(24-29-14-4-1-5-15-29)47-42(53)55-28-31-18-8-3-9-19-31/h1-11,14-21,26,35-37,44H,12-13,22-25,27-28H2,(H,43,52)(H,45,49)(H,46,48)(H,47,53)(H,50,51)/t35-,36-,37-/m0/s1. The van der Waals surface area contributed by atoms with E-state index in [1.165, 1.54) is 0 Å². The van der Waals surface area contributed by atoms with Crippen LogP contribution in [0.5, 0.6) is 0 Å². The number of para-hydroxylation sites is 1. The topological polar surface area (TPSA) is 188 Å². The van der Waals surface area contributed by atoms with E-state index in [9.17, 15) is 29.1 Å². The molecule has 0 fully saturated rings. The summed E-state index contributed by atoms with van der Waals surface area (Å²) in [6, 6.07) is 31.2. The third-order valence-electron chi connectivity index (χ3n) is 8.85. The number of aromatic nitrogens is 1.